The van der Waals surface area contributed by atoms with Gasteiger partial charge in [-0.25, -0.2) is 0 Å². The molecule has 0 bridgehead atoms. The van der Waals surface area contributed by atoms with Gasteiger partial charge < -0.3 is 0 Å². The highest BCUT2D eigenvalue weighted by Gasteiger charge is 2.08. The summed E-state index contributed by atoms with van der Waals surface area (Å²) in [6.07, 6.45) is 10.0. The molecule has 1 aromatic heterocycles. The molecule has 2 heteroatoms. The van der Waals surface area contributed by atoms with Gasteiger partial charge in [-0.2, -0.15) is 5.26 Å². The molecule has 92 valence electrons. The van der Waals surface area contributed by atoms with Crippen molar-refractivity contribution in [1.82, 2.24) is 0 Å². The Morgan fingerprint density at radius 1 is 1.21 bits per heavy atom. The topological polar surface area (TPSA) is 23.8 Å². The molecular formula is C17H13NS. The molecule has 0 saturated heterocycles. The van der Waals surface area contributed by atoms with E-state index in [0.29, 0.717) is 0 Å². The van der Waals surface area contributed by atoms with Crippen LogP contribution in [0.1, 0.15) is 17.7 Å². The van der Waals surface area contributed by atoms with Gasteiger partial charge in [-0.3, -0.25) is 0 Å². The van der Waals surface area contributed by atoms with Crippen LogP contribution in [0.5, 0.6) is 0 Å². The highest BCUT2D eigenvalue weighted by molar-refractivity contribution is 7.20. The molecule has 0 fully saturated rings. The molecule has 1 aliphatic rings. The number of nitriles is 1. The van der Waals surface area contributed by atoms with E-state index in [1.165, 1.54) is 20.5 Å². The Bertz CT molecular complexity index is 705. The van der Waals surface area contributed by atoms with Crippen molar-refractivity contribution in [3.05, 3.63) is 65.1 Å². The first-order chi connectivity index (χ1) is 9.36. The van der Waals surface area contributed by atoms with Crippen LogP contribution < -0.4 is 0 Å². The van der Waals surface area contributed by atoms with Crippen LogP contribution in [-0.4, -0.2) is 0 Å². The molecule has 0 spiro atoms. The minimum atomic E-state index is 0.725. The zero-order valence-electron chi connectivity index (χ0n) is 10.5. The van der Waals surface area contributed by atoms with Crippen LogP contribution in [0.15, 0.2) is 60.2 Å². The van der Waals surface area contributed by atoms with Crippen LogP contribution in [0.4, 0.5) is 0 Å². The Kier molecular flexibility index (Phi) is 3.31. The van der Waals surface area contributed by atoms with E-state index in [9.17, 15) is 0 Å². The van der Waals surface area contributed by atoms with Crippen molar-refractivity contribution in [3.8, 4) is 6.07 Å². The summed E-state index contributed by atoms with van der Waals surface area (Å²) in [5.41, 5.74) is 1.99. The summed E-state index contributed by atoms with van der Waals surface area (Å²) >= 11 is 1.80. The SMILES string of the molecule is N#CC1=C/C=C\CC/C(c2cc3ccccc3s2)=C\1. The molecule has 0 amide bonds. The summed E-state index contributed by atoms with van der Waals surface area (Å²) in [4.78, 5) is 1.28. The van der Waals surface area contributed by atoms with Gasteiger partial charge >= 0.3 is 0 Å². The maximum atomic E-state index is 9.12. The van der Waals surface area contributed by atoms with Crippen LogP contribution in [0.3, 0.4) is 0 Å². The molecule has 2 aromatic rings. The predicted molar refractivity (Wildman–Crippen MR) is 81.9 cm³/mol. The molecule has 3 rings (SSSR count). The van der Waals surface area contributed by atoms with Crippen molar-refractivity contribution in [3.63, 3.8) is 0 Å². The van der Waals surface area contributed by atoms with E-state index in [4.69, 9.17) is 5.26 Å². The first-order valence-electron chi connectivity index (χ1n) is 6.33. The molecule has 1 aliphatic carbocycles. The lowest BCUT2D eigenvalue weighted by atomic mass is 10.0. The minimum absolute atomic E-state index is 0.725. The molecule has 19 heavy (non-hydrogen) atoms. The van der Waals surface area contributed by atoms with Crippen LogP contribution in [0.25, 0.3) is 15.7 Å². The predicted octanol–water partition coefficient (Wildman–Crippen LogP) is 5.08. The second-order valence-electron chi connectivity index (χ2n) is 4.52. The summed E-state index contributed by atoms with van der Waals surface area (Å²) in [7, 11) is 0. The van der Waals surface area contributed by atoms with Gasteiger partial charge in [0.2, 0.25) is 0 Å². The number of benzene rings is 1. The number of hydrogen-bond donors (Lipinski definition) is 0. The van der Waals surface area contributed by atoms with Crippen LogP contribution in [0.2, 0.25) is 0 Å². The van der Waals surface area contributed by atoms with Crippen LogP contribution >= 0.6 is 11.3 Å². The third-order valence-electron chi connectivity index (χ3n) is 3.19. The quantitative estimate of drug-likeness (QED) is 0.703. The Morgan fingerprint density at radius 3 is 2.95 bits per heavy atom. The summed E-state index contributed by atoms with van der Waals surface area (Å²) in [6, 6.07) is 12.9. The second kappa shape index (κ2) is 5.26. The van der Waals surface area contributed by atoms with Crippen LogP contribution in [-0.2, 0) is 0 Å². The molecule has 0 radical (unpaired) electrons. The number of nitrogens with zero attached hydrogens (tertiary/aromatic N) is 1. The molecule has 0 N–H and O–H groups in total. The van der Waals surface area contributed by atoms with Crippen molar-refractivity contribution in [2.24, 2.45) is 0 Å². The van der Waals surface area contributed by atoms with Gasteiger partial charge in [0.1, 0.15) is 0 Å². The fourth-order valence-electron chi connectivity index (χ4n) is 2.22. The Balaban J connectivity index is 2.07. The van der Waals surface area contributed by atoms with E-state index in [1.807, 2.05) is 18.2 Å². The van der Waals surface area contributed by atoms with Gasteiger partial charge in [0.05, 0.1) is 11.6 Å². The van der Waals surface area contributed by atoms with Gasteiger partial charge in [0, 0.05) is 9.58 Å². The van der Waals surface area contributed by atoms with Crippen molar-refractivity contribution >= 4 is 27.0 Å². The zero-order chi connectivity index (χ0) is 13.1. The largest absolute Gasteiger partial charge is 0.192 e. The molecule has 1 nitrogen and oxygen atoms in total. The average molecular weight is 263 g/mol. The third kappa shape index (κ3) is 2.52. The Hall–Kier alpha value is -2.11. The maximum absolute atomic E-state index is 9.12. The van der Waals surface area contributed by atoms with E-state index in [1.54, 1.807) is 11.3 Å². The maximum Gasteiger partial charge on any atom is 0.0991 e. The van der Waals surface area contributed by atoms with E-state index in [0.717, 1.165) is 18.4 Å². The molecule has 0 aliphatic heterocycles. The van der Waals surface area contributed by atoms with Crippen molar-refractivity contribution in [2.75, 3.05) is 0 Å². The number of rotatable bonds is 1. The van der Waals surface area contributed by atoms with Crippen LogP contribution in [0, 0.1) is 11.3 Å². The van der Waals surface area contributed by atoms with Crippen molar-refractivity contribution < 1.29 is 0 Å². The first kappa shape index (κ1) is 12.0. The average Bonchev–Trinajstić information content (AvgIpc) is 2.82. The highest BCUT2D eigenvalue weighted by Crippen LogP contribution is 2.33. The molecule has 0 unspecified atom stereocenters. The molecule has 1 heterocycles. The highest BCUT2D eigenvalue weighted by atomic mass is 32.1. The zero-order valence-corrected chi connectivity index (χ0v) is 11.3. The summed E-state index contributed by atoms with van der Waals surface area (Å²) < 4.78 is 1.30. The lowest BCUT2D eigenvalue weighted by Crippen LogP contribution is -1.85. The molecule has 0 atom stereocenters. The standard InChI is InChI=1S/C17H13NS/c18-12-13-6-2-1-3-7-14(10-13)17-11-15-8-4-5-9-16(15)19-17/h1-2,4-6,8-11H,3,7H2/b2-1-,13-6+,14-10+. The number of allylic oxidation sites excluding steroid dienone is 6. The second-order valence-corrected chi connectivity index (χ2v) is 5.60. The van der Waals surface area contributed by atoms with Gasteiger partial charge in [0.25, 0.3) is 0 Å². The van der Waals surface area contributed by atoms with Crippen molar-refractivity contribution in [1.29, 1.82) is 5.26 Å². The fourth-order valence-corrected chi connectivity index (χ4v) is 3.33. The number of thiophene rings is 1. The first-order valence-corrected chi connectivity index (χ1v) is 7.15. The summed E-state index contributed by atoms with van der Waals surface area (Å²) in [5.74, 6) is 0. The van der Waals surface area contributed by atoms with Gasteiger partial charge in [-0.15, -0.1) is 11.3 Å². The van der Waals surface area contributed by atoms with E-state index < -0.39 is 0 Å². The van der Waals surface area contributed by atoms with Crippen molar-refractivity contribution in [2.45, 2.75) is 12.8 Å². The van der Waals surface area contributed by atoms with Gasteiger partial charge in [-0.1, -0.05) is 30.4 Å². The van der Waals surface area contributed by atoms with E-state index in [-0.39, 0.29) is 0 Å². The number of hydrogen-bond acceptors (Lipinski definition) is 2. The molecule has 0 saturated carbocycles. The van der Waals surface area contributed by atoms with Gasteiger partial charge in [0.15, 0.2) is 0 Å². The smallest absolute Gasteiger partial charge is 0.0991 e. The Labute approximate surface area is 116 Å². The van der Waals surface area contributed by atoms with E-state index >= 15 is 0 Å². The number of fused-ring (bicyclic) bond motifs is 1. The summed E-state index contributed by atoms with van der Waals surface area (Å²) in [5, 5.41) is 10.4. The summed E-state index contributed by atoms with van der Waals surface area (Å²) in [6.45, 7) is 0. The monoisotopic (exact) mass is 263 g/mol. The Morgan fingerprint density at radius 2 is 2.11 bits per heavy atom. The molecular weight excluding hydrogens is 250 g/mol. The normalized spacial score (nSPS) is 22.5. The fraction of sp³-hybridized carbons (Fsp3) is 0.118. The molecule has 1 aromatic carbocycles. The lowest BCUT2D eigenvalue weighted by Gasteiger charge is -2.05. The minimum Gasteiger partial charge on any atom is -0.192 e. The lowest BCUT2D eigenvalue weighted by molar-refractivity contribution is 1.07. The third-order valence-corrected chi connectivity index (χ3v) is 4.38. The van der Waals surface area contributed by atoms with E-state index in [2.05, 4.69) is 42.5 Å². The van der Waals surface area contributed by atoms with Gasteiger partial charge in [-0.05, 0) is 48.1 Å².